The Morgan fingerprint density at radius 1 is 1.42 bits per heavy atom. The number of aromatic nitrogens is 3. The first-order chi connectivity index (χ1) is 9.25. The van der Waals surface area contributed by atoms with Crippen LogP contribution in [-0.4, -0.2) is 21.1 Å². The number of benzene rings is 1. The van der Waals surface area contributed by atoms with Crippen LogP contribution >= 0.6 is 22.9 Å². The molecule has 0 fully saturated rings. The molecule has 0 unspecified atom stereocenters. The Labute approximate surface area is 117 Å². The molecule has 3 rings (SSSR count). The van der Waals surface area contributed by atoms with E-state index in [0.717, 1.165) is 10.1 Å². The van der Waals surface area contributed by atoms with Gasteiger partial charge in [0.1, 0.15) is 17.0 Å². The summed E-state index contributed by atoms with van der Waals surface area (Å²) >= 11 is 7.61. The second-order valence-corrected chi connectivity index (χ2v) is 5.29. The van der Waals surface area contributed by atoms with Gasteiger partial charge in [-0.1, -0.05) is 29.8 Å². The Bertz CT molecular complexity index is 722. The Balaban J connectivity index is 1.83. The number of rotatable bonds is 3. The molecule has 0 aliphatic carbocycles. The van der Waals surface area contributed by atoms with Crippen molar-refractivity contribution < 1.29 is 4.79 Å². The second-order valence-electron chi connectivity index (χ2n) is 3.86. The minimum absolute atomic E-state index is 0.206. The van der Waals surface area contributed by atoms with E-state index in [2.05, 4.69) is 20.5 Å². The van der Waals surface area contributed by atoms with Crippen molar-refractivity contribution in [1.29, 1.82) is 0 Å². The highest BCUT2D eigenvalue weighted by molar-refractivity contribution is 7.21. The second kappa shape index (κ2) is 4.99. The maximum absolute atomic E-state index is 12.1. The number of aromatic amines is 1. The third-order valence-corrected chi connectivity index (χ3v) is 4.30. The van der Waals surface area contributed by atoms with Crippen molar-refractivity contribution >= 4 is 38.9 Å². The van der Waals surface area contributed by atoms with Gasteiger partial charge in [0.2, 0.25) is 0 Å². The molecule has 1 amide bonds. The summed E-state index contributed by atoms with van der Waals surface area (Å²) in [5, 5.41) is 10.5. The van der Waals surface area contributed by atoms with E-state index >= 15 is 0 Å². The highest BCUT2D eigenvalue weighted by Gasteiger charge is 2.16. The van der Waals surface area contributed by atoms with Crippen molar-refractivity contribution in [2.45, 2.75) is 6.54 Å². The van der Waals surface area contributed by atoms with Crippen molar-refractivity contribution in [3.05, 3.63) is 46.3 Å². The summed E-state index contributed by atoms with van der Waals surface area (Å²) in [6, 6.07) is 7.67. The molecule has 96 valence electrons. The smallest absolute Gasteiger partial charge is 0.263 e. The number of H-pyrrole nitrogens is 1. The lowest BCUT2D eigenvalue weighted by Crippen LogP contribution is -2.22. The average molecular weight is 293 g/mol. The van der Waals surface area contributed by atoms with Crippen LogP contribution in [0.15, 0.2) is 30.6 Å². The summed E-state index contributed by atoms with van der Waals surface area (Å²) in [6.07, 6.45) is 1.40. The number of hydrogen-bond donors (Lipinski definition) is 2. The van der Waals surface area contributed by atoms with E-state index in [4.69, 9.17) is 11.6 Å². The standard InChI is InChI=1S/C12H9ClN4OS/c13-10-7-3-1-2-4-8(7)19-11(10)12(18)14-5-9-15-6-16-17-9/h1-4,6H,5H2,(H,14,18)(H,15,16,17). The van der Waals surface area contributed by atoms with Crippen LogP contribution in [0.4, 0.5) is 0 Å². The third-order valence-electron chi connectivity index (χ3n) is 2.62. The van der Waals surface area contributed by atoms with Gasteiger partial charge >= 0.3 is 0 Å². The summed E-state index contributed by atoms with van der Waals surface area (Å²) in [5.74, 6) is 0.396. The molecule has 2 heterocycles. The number of fused-ring (bicyclic) bond motifs is 1. The fraction of sp³-hybridized carbons (Fsp3) is 0.0833. The molecule has 0 bridgehead atoms. The van der Waals surface area contributed by atoms with Gasteiger partial charge in [-0.25, -0.2) is 4.98 Å². The molecule has 0 saturated carbocycles. The molecule has 0 aliphatic rings. The summed E-state index contributed by atoms with van der Waals surface area (Å²) in [4.78, 5) is 16.5. The number of carbonyl (C=O) groups is 1. The van der Waals surface area contributed by atoms with E-state index in [1.165, 1.54) is 17.7 Å². The van der Waals surface area contributed by atoms with Crippen molar-refractivity contribution in [2.75, 3.05) is 0 Å². The Morgan fingerprint density at radius 3 is 3.00 bits per heavy atom. The van der Waals surface area contributed by atoms with Crippen LogP contribution in [0, 0.1) is 0 Å². The van der Waals surface area contributed by atoms with Crippen molar-refractivity contribution in [2.24, 2.45) is 0 Å². The van der Waals surface area contributed by atoms with E-state index in [1.54, 1.807) is 0 Å². The van der Waals surface area contributed by atoms with E-state index in [1.807, 2.05) is 24.3 Å². The van der Waals surface area contributed by atoms with Gasteiger partial charge in [0.25, 0.3) is 5.91 Å². The third kappa shape index (κ3) is 2.32. The van der Waals surface area contributed by atoms with Crippen LogP contribution < -0.4 is 5.32 Å². The summed E-state index contributed by atoms with van der Waals surface area (Å²) in [7, 11) is 0. The number of carbonyl (C=O) groups excluding carboxylic acids is 1. The molecule has 2 N–H and O–H groups in total. The first-order valence-corrected chi connectivity index (χ1v) is 6.74. The lowest BCUT2D eigenvalue weighted by molar-refractivity contribution is 0.0954. The van der Waals surface area contributed by atoms with Crippen LogP contribution in [0.3, 0.4) is 0 Å². The van der Waals surface area contributed by atoms with Gasteiger partial charge in [0, 0.05) is 10.1 Å². The van der Waals surface area contributed by atoms with Gasteiger partial charge in [-0.3, -0.25) is 9.89 Å². The first kappa shape index (κ1) is 12.1. The van der Waals surface area contributed by atoms with E-state index in [9.17, 15) is 4.79 Å². The van der Waals surface area contributed by atoms with Gasteiger partial charge in [0.05, 0.1) is 11.6 Å². The van der Waals surface area contributed by atoms with Crippen molar-refractivity contribution in [3.8, 4) is 0 Å². The minimum atomic E-state index is -0.206. The molecular formula is C12H9ClN4OS. The SMILES string of the molecule is O=C(NCc1ncn[nH]1)c1sc2ccccc2c1Cl. The quantitative estimate of drug-likeness (QED) is 0.779. The largest absolute Gasteiger partial charge is 0.344 e. The summed E-state index contributed by atoms with van der Waals surface area (Å²) < 4.78 is 0.998. The van der Waals surface area contributed by atoms with Gasteiger partial charge in [-0.15, -0.1) is 11.3 Å². The molecule has 0 spiro atoms. The van der Waals surface area contributed by atoms with Crippen molar-refractivity contribution in [1.82, 2.24) is 20.5 Å². The zero-order valence-electron chi connectivity index (χ0n) is 9.68. The van der Waals surface area contributed by atoms with Crippen LogP contribution in [0.5, 0.6) is 0 Å². The topological polar surface area (TPSA) is 70.7 Å². The zero-order chi connectivity index (χ0) is 13.2. The monoisotopic (exact) mass is 292 g/mol. The molecule has 0 aliphatic heterocycles. The lowest BCUT2D eigenvalue weighted by Gasteiger charge is -2.00. The summed E-state index contributed by atoms with van der Waals surface area (Å²) in [5.41, 5.74) is 0. The normalized spacial score (nSPS) is 10.8. The molecule has 2 aromatic heterocycles. The van der Waals surface area contributed by atoms with E-state index < -0.39 is 0 Å². The van der Waals surface area contributed by atoms with E-state index in [-0.39, 0.29) is 5.91 Å². The number of hydrogen-bond acceptors (Lipinski definition) is 4. The number of thiophene rings is 1. The molecule has 7 heteroatoms. The number of amides is 1. The molecule has 5 nitrogen and oxygen atoms in total. The Hall–Kier alpha value is -1.92. The van der Waals surface area contributed by atoms with Crippen molar-refractivity contribution in [3.63, 3.8) is 0 Å². The molecule has 0 radical (unpaired) electrons. The van der Waals surface area contributed by atoms with Crippen LogP contribution in [-0.2, 0) is 6.54 Å². The molecule has 3 aromatic rings. The fourth-order valence-electron chi connectivity index (χ4n) is 1.72. The predicted molar refractivity (Wildman–Crippen MR) is 74.4 cm³/mol. The number of nitrogens with one attached hydrogen (secondary N) is 2. The highest BCUT2D eigenvalue weighted by Crippen LogP contribution is 2.34. The lowest BCUT2D eigenvalue weighted by atomic mass is 10.2. The highest BCUT2D eigenvalue weighted by atomic mass is 35.5. The summed E-state index contributed by atoms with van der Waals surface area (Å²) in [6.45, 7) is 0.295. The predicted octanol–water partition coefficient (Wildman–Crippen LogP) is 2.60. The first-order valence-electron chi connectivity index (χ1n) is 5.55. The average Bonchev–Trinajstić information content (AvgIpc) is 3.05. The maximum atomic E-state index is 12.1. The van der Waals surface area contributed by atoms with Gasteiger partial charge in [-0.2, -0.15) is 5.10 Å². The van der Waals surface area contributed by atoms with Crippen LogP contribution in [0.25, 0.3) is 10.1 Å². The zero-order valence-corrected chi connectivity index (χ0v) is 11.3. The Kier molecular flexibility index (Phi) is 3.18. The number of nitrogens with zero attached hydrogens (tertiary/aromatic N) is 2. The fourth-order valence-corrected chi connectivity index (χ4v) is 3.15. The molecular weight excluding hydrogens is 284 g/mol. The molecule has 19 heavy (non-hydrogen) atoms. The molecule has 0 saturated heterocycles. The van der Waals surface area contributed by atoms with Gasteiger partial charge in [0.15, 0.2) is 0 Å². The minimum Gasteiger partial charge on any atom is -0.344 e. The van der Waals surface area contributed by atoms with Crippen LogP contribution in [0.1, 0.15) is 15.5 Å². The van der Waals surface area contributed by atoms with Gasteiger partial charge < -0.3 is 5.32 Å². The van der Waals surface area contributed by atoms with Gasteiger partial charge in [-0.05, 0) is 6.07 Å². The Morgan fingerprint density at radius 2 is 2.26 bits per heavy atom. The van der Waals surface area contributed by atoms with Crippen LogP contribution in [0.2, 0.25) is 5.02 Å². The molecule has 1 aromatic carbocycles. The molecule has 0 atom stereocenters. The maximum Gasteiger partial charge on any atom is 0.263 e. The van der Waals surface area contributed by atoms with E-state index in [0.29, 0.717) is 22.3 Å². The number of halogens is 1.